The predicted molar refractivity (Wildman–Crippen MR) is 97.7 cm³/mol. The van der Waals surface area contributed by atoms with E-state index in [1.54, 1.807) is 0 Å². The first-order chi connectivity index (χ1) is 11.8. The minimum Gasteiger partial charge on any atom is -0.377 e. The van der Waals surface area contributed by atoms with E-state index in [0.29, 0.717) is 12.2 Å². The van der Waals surface area contributed by atoms with Crippen LogP contribution in [0.2, 0.25) is 0 Å². The lowest BCUT2D eigenvalue weighted by atomic mass is 9.94. The molecule has 2 rings (SSSR count). The van der Waals surface area contributed by atoms with Gasteiger partial charge in [-0.15, -0.1) is 0 Å². The van der Waals surface area contributed by atoms with Crippen molar-refractivity contribution >= 4 is 32.2 Å². The fourth-order valence-electron chi connectivity index (χ4n) is 3.04. The molecular formula is C15H23N3O5S2. The first-order valence-corrected chi connectivity index (χ1v) is 11.0. The first-order valence-electron chi connectivity index (χ1n) is 8.14. The number of nitrogens with one attached hydrogen (secondary N) is 2. The zero-order valence-corrected chi connectivity index (χ0v) is 15.9. The Labute approximate surface area is 150 Å². The molecular weight excluding hydrogens is 366 g/mol. The van der Waals surface area contributed by atoms with Gasteiger partial charge in [0, 0.05) is 33.9 Å². The van der Waals surface area contributed by atoms with E-state index in [2.05, 4.69) is 10.0 Å². The van der Waals surface area contributed by atoms with Gasteiger partial charge in [-0.05, 0) is 38.4 Å². The van der Waals surface area contributed by atoms with E-state index in [4.69, 9.17) is 0 Å². The number of hydrogen-bond donors (Lipinski definition) is 2. The smallest absolute Gasteiger partial charge is 0.293 e. The van der Waals surface area contributed by atoms with Crippen molar-refractivity contribution in [2.45, 2.75) is 48.8 Å². The van der Waals surface area contributed by atoms with Crippen LogP contribution < -0.4 is 10.0 Å². The zero-order valence-electron chi connectivity index (χ0n) is 14.2. The molecule has 1 aromatic rings. The summed E-state index contributed by atoms with van der Waals surface area (Å²) in [4.78, 5) is 10.6. The highest BCUT2D eigenvalue weighted by Crippen LogP contribution is 2.31. The van der Waals surface area contributed by atoms with Crippen LogP contribution in [0.1, 0.15) is 32.6 Å². The first kappa shape index (κ1) is 19.8. The summed E-state index contributed by atoms with van der Waals surface area (Å²) in [6, 6.07) is 3.80. The number of nitro groups is 1. The number of rotatable bonds is 7. The average Bonchev–Trinajstić information content (AvgIpc) is 2.61. The van der Waals surface area contributed by atoms with Gasteiger partial charge in [0.05, 0.1) is 9.82 Å². The standard InChI is InChI=1S/C15H23N3O5S2/c1-3-24(21)12-6-4-5-11(9-12)17-14-8-7-13(25(22,23)16-2)10-15(14)18(19)20/h7-8,10-12,16-17H,3-6,9H2,1-2H3. The Hall–Kier alpha value is -1.52. The van der Waals surface area contributed by atoms with Crippen molar-refractivity contribution in [3.63, 3.8) is 0 Å². The number of benzene rings is 1. The Morgan fingerprint density at radius 2 is 2.08 bits per heavy atom. The van der Waals surface area contributed by atoms with Crippen molar-refractivity contribution in [3.05, 3.63) is 28.3 Å². The molecule has 2 N–H and O–H groups in total. The molecule has 0 spiro atoms. The van der Waals surface area contributed by atoms with Crippen molar-refractivity contribution in [3.8, 4) is 0 Å². The molecule has 1 fully saturated rings. The van der Waals surface area contributed by atoms with E-state index >= 15 is 0 Å². The summed E-state index contributed by atoms with van der Waals surface area (Å²) < 4.78 is 37.9. The van der Waals surface area contributed by atoms with Gasteiger partial charge in [-0.2, -0.15) is 0 Å². The Balaban J connectivity index is 2.24. The van der Waals surface area contributed by atoms with Crippen LogP contribution in [-0.2, 0) is 20.8 Å². The fourth-order valence-corrected chi connectivity index (χ4v) is 5.14. The molecule has 140 valence electrons. The average molecular weight is 389 g/mol. The molecule has 1 saturated carbocycles. The highest BCUT2D eigenvalue weighted by Gasteiger charge is 2.28. The van der Waals surface area contributed by atoms with Crippen LogP contribution in [0, 0.1) is 10.1 Å². The van der Waals surface area contributed by atoms with Crippen LogP contribution in [-0.4, -0.2) is 41.6 Å². The Kier molecular flexibility index (Phi) is 6.53. The fraction of sp³-hybridized carbons (Fsp3) is 0.600. The topological polar surface area (TPSA) is 118 Å². The second kappa shape index (κ2) is 8.24. The Morgan fingerprint density at radius 3 is 2.68 bits per heavy atom. The summed E-state index contributed by atoms with van der Waals surface area (Å²) in [6.07, 6.45) is 3.34. The predicted octanol–water partition coefficient (Wildman–Crippen LogP) is 1.99. The molecule has 1 aliphatic rings. The third-order valence-electron chi connectivity index (χ3n) is 4.39. The van der Waals surface area contributed by atoms with Crippen molar-refractivity contribution in [2.75, 3.05) is 18.1 Å². The quantitative estimate of drug-likeness (QED) is 0.544. The highest BCUT2D eigenvalue weighted by molar-refractivity contribution is 7.89. The lowest BCUT2D eigenvalue weighted by Gasteiger charge is -2.29. The maximum Gasteiger partial charge on any atom is 0.293 e. The minimum atomic E-state index is -3.75. The third kappa shape index (κ3) is 4.77. The lowest BCUT2D eigenvalue weighted by molar-refractivity contribution is -0.384. The number of hydrogen-bond acceptors (Lipinski definition) is 6. The summed E-state index contributed by atoms with van der Waals surface area (Å²) in [6.45, 7) is 1.89. The van der Waals surface area contributed by atoms with Gasteiger partial charge in [-0.1, -0.05) is 13.3 Å². The highest BCUT2D eigenvalue weighted by atomic mass is 32.2. The molecule has 10 heteroatoms. The molecule has 0 heterocycles. The van der Waals surface area contributed by atoms with Crippen molar-refractivity contribution in [1.82, 2.24) is 4.72 Å². The summed E-state index contributed by atoms with van der Waals surface area (Å²) >= 11 is 0. The monoisotopic (exact) mass is 389 g/mol. The van der Waals surface area contributed by atoms with Gasteiger partial charge in [0.2, 0.25) is 10.0 Å². The molecule has 0 amide bonds. The second-order valence-electron chi connectivity index (χ2n) is 5.94. The van der Waals surface area contributed by atoms with Gasteiger partial charge in [0.25, 0.3) is 5.69 Å². The summed E-state index contributed by atoms with van der Waals surface area (Å²) in [5, 5.41) is 14.6. The number of nitrogens with zero attached hydrogens (tertiary/aromatic N) is 1. The van der Waals surface area contributed by atoms with Crippen LogP contribution in [0.4, 0.5) is 11.4 Å². The Bertz CT molecular complexity index is 766. The summed E-state index contributed by atoms with van der Waals surface area (Å²) in [5.41, 5.74) is 0.00282. The SMILES string of the molecule is CCS(=O)C1CCCC(Nc2ccc(S(=O)(=O)NC)cc2[N+](=O)[O-])C1. The molecule has 1 aliphatic carbocycles. The maximum absolute atomic E-state index is 12.0. The van der Waals surface area contributed by atoms with E-state index in [1.807, 2.05) is 6.92 Å². The molecule has 8 nitrogen and oxygen atoms in total. The largest absolute Gasteiger partial charge is 0.377 e. The van der Waals surface area contributed by atoms with E-state index < -0.39 is 25.7 Å². The zero-order chi connectivity index (χ0) is 18.6. The normalized spacial score (nSPS) is 22.3. The van der Waals surface area contributed by atoms with Gasteiger partial charge in [0.1, 0.15) is 5.69 Å². The van der Waals surface area contributed by atoms with Crippen LogP contribution in [0.5, 0.6) is 0 Å². The van der Waals surface area contributed by atoms with Crippen LogP contribution in [0.3, 0.4) is 0 Å². The molecule has 0 bridgehead atoms. The summed E-state index contributed by atoms with van der Waals surface area (Å²) in [7, 11) is -3.38. The number of anilines is 1. The molecule has 0 aromatic heterocycles. The van der Waals surface area contributed by atoms with Crippen LogP contribution in [0.25, 0.3) is 0 Å². The van der Waals surface area contributed by atoms with Crippen LogP contribution >= 0.6 is 0 Å². The van der Waals surface area contributed by atoms with E-state index in [1.165, 1.54) is 19.2 Å². The van der Waals surface area contributed by atoms with Gasteiger partial charge >= 0.3 is 0 Å². The number of sulfonamides is 1. The van der Waals surface area contributed by atoms with E-state index in [-0.39, 0.29) is 27.6 Å². The van der Waals surface area contributed by atoms with E-state index in [0.717, 1.165) is 25.3 Å². The van der Waals surface area contributed by atoms with Gasteiger partial charge in [0.15, 0.2) is 0 Å². The van der Waals surface area contributed by atoms with Gasteiger partial charge < -0.3 is 5.32 Å². The molecule has 3 unspecified atom stereocenters. The number of nitro benzene ring substituents is 1. The van der Waals surface area contributed by atoms with Gasteiger partial charge in [-0.3, -0.25) is 14.3 Å². The van der Waals surface area contributed by atoms with Gasteiger partial charge in [-0.25, -0.2) is 13.1 Å². The molecule has 1 aromatic carbocycles. The second-order valence-corrected chi connectivity index (χ2v) is 9.83. The molecule has 0 saturated heterocycles. The van der Waals surface area contributed by atoms with Crippen molar-refractivity contribution < 1.29 is 17.6 Å². The molecule has 25 heavy (non-hydrogen) atoms. The molecule has 3 atom stereocenters. The van der Waals surface area contributed by atoms with Crippen LogP contribution in [0.15, 0.2) is 23.1 Å². The maximum atomic E-state index is 12.0. The lowest BCUT2D eigenvalue weighted by Crippen LogP contribution is -2.33. The third-order valence-corrected chi connectivity index (χ3v) is 7.54. The van der Waals surface area contributed by atoms with Crippen molar-refractivity contribution in [2.24, 2.45) is 0 Å². The Morgan fingerprint density at radius 1 is 1.36 bits per heavy atom. The minimum absolute atomic E-state index is 0.0142. The summed E-state index contributed by atoms with van der Waals surface area (Å²) in [5.74, 6) is 0.605. The molecule has 0 aliphatic heterocycles. The van der Waals surface area contributed by atoms with Crippen molar-refractivity contribution in [1.29, 1.82) is 0 Å². The van der Waals surface area contributed by atoms with E-state index in [9.17, 15) is 22.7 Å². The molecule has 0 radical (unpaired) electrons.